The number of amides is 1. The maximum atomic E-state index is 11.3. The maximum Gasteiger partial charge on any atom is 0.209 e. The molecule has 102 valence electrons. The van der Waals surface area contributed by atoms with Gasteiger partial charge in [-0.15, -0.1) is 0 Å². The van der Waals surface area contributed by atoms with E-state index in [0.717, 1.165) is 31.5 Å². The number of nitrogens with zero attached hydrogens (tertiary/aromatic N) is 2. The smallest absolute Gasteiger partial charge is 0.209 e. The molecule has 0 bridgehead atoms. The highest BCUT2D eigenvalue weighted by atomic mass is 16.1. The number of aromatic nitrogens is 2. The highest BCUT2D eigenvalue weighted by Gasteiger charge is 2.43. The van der Waals surface area contributed by atoms with Crippen LogP contribution in [0.5, 0.6) is 0 Å². The number of allylic oxidation sites excluding steroid dienone is 1. The molecule has 2 unspecified atom stereocenters. The Balaban J connectivity index is 1.51. The topological polar surface area (TPSA) is 49.0 Å². The Bertz CT molecular complexity index is 452. The van der Waals surface area contributed by atoms with Crippen LogP contribution in [0, 0.1) is 0 Å². The Morgan fingerprint density at radius 2 is 2.42 bits per heavy atom. The summed E-state index contributed by atoms with van der Waals surface area (Å²) < 4.78 is 0. The largest absolute Gasteiger partial charge is 0.351 e. The van der Waals surface area contributed by atoms with E-state index in [1.807, 2.05) is 11.1 Å². The second kappa shape index (κ2) is 5.59. The molecule has 0 saturated heterocycles. The zero-order valence-electron chi connectivity index (χ0n) is 11.2. The minimum atomic E-state index is 0.366. The molecule has 3 rings (SSSR count). The average Bonchev–Trinajstić information content (AvgIpc) is 3.05. The van der Waals surface area contributed by atoms with Crippen LogP contribution in [0.15, 0.2) is 24.2 Å². The molecule has 0 spiro atoms. The molecule has 0 aromatic carbocycles. The van der Waals surface area contributed by atoms with Gasteiger partial charge < -0.3 is 9.88 Å². The molecule has 0 aliphatic heterocycles. The molecule has 4 heteroatoms. The molecular weight excluding hydrogens is 238 g/mol. The van der Waals surface area contributed by atoms with Crippen molar-refractivity contribution in [2.75, 3.05) is 6.54 Å². The molecule has 1 heterocycles. The summed E-state index contributed by atoms with van der Waals surface area (Å²) in [5.41, 5.74) is 2.63. The van der Waals surface area contributed by atoms with Crippen LogP contribution >= 0.6 is 0 Å². The summed E-state index contributed by atoms with van der Waals surface area (Å²) in [6, 6.07) is 0.366. The third kappa shape index (κ3) is 2.88. The van der Waals surface area contributed by atoms with Gasteiger partial charge >= 0.3 is 0 Å². The number of carbonyl (C=O) groups excluding carboxylic acids is 1. The van der Waals surface area contributed by atoms with Gasteiger partial charge in [0.05, 0.1) is 12.0 Å². The van der Waals surface area contributed by atoms with Crippen molar-refractivity contribution in [3.05, 3.63) is 29.9 Å². The lowest BCUT2D eigenvalue weighted by Crippen LogP contribution is -2.27. The summed E-state index contributed by atoms with van der Waals surface area (Å²) in [7, 11) is 0. The minimum Gasteiger partial charge on any atom is -0.351 e. The van der Waals surface area contributed by atoms with Crippen molar-refractivity contribution in [3.8, 4) is 0 Å². The molecular formula is C15H21N3O. The first kappa shape index (κ1) is 12.5. The van der Waals surface area contributed by atoms with Crippen LogP contribution in [0.3, 0.4) is 0 Å². The molecule has 0 radical (unpaired) electrons. The first-order chi connectivity index (χ1) is 9.38. The van der Waals surface area contributed by atoms with E-state index >= 15 is 0 Å². The number of nitrogens with one attached hydrogen (secondary N) is 1. The molecule has 1 aromatic rings. The first-order valence-corrected chi connectivity index (χ1v) is 7.26. The number of aromatic amines is 1. The fourth-order valence-corrected chi connectivity index (χ4v) is 3.04. The minimum absolute atomic E-state index is 0.366. The lowest BCUT2D eigenvalue weighted by molar-refractivity contribution is -0.118. The molecule has 1 amide bonds. The van der Waals surface area contributed by atoms with Crippen LogP contribution in [0.4, 0.5) is 0 Å². The predicted octanol–water partition coefficient (Wildman–Crippen LogP) is 2.61. The molecule has 1 aromatic heterocycles. The van der Waals surface area contributed by atoms with Gasteiger partial charge in [0.2, 0.25) is 6.41 Å². The lowest BCUT2D eigenvalue weighted by Gasteiger charge is -2.19. The summed E-state index contributed by atoms with van der Waals surface area (Å²) in [5.74, 6) is 0.441. The van der Waals surface area contributed by atoms with Crippen LogP contribution in [0.1, 0.15) is 50.1 Å². The van der Waals surface area contributed by atoms with Gasteiger partial charge in [0.25, 0.3) is 0 Å². The van der Waals surface area contributed by atoms with Crippen molar-refractivity contribution in [2.45, 2.75) is 50.5 Å². The molecule has 1 N–H and O–H groups in total. The highest BCUT2D eigenvalue weighted by molar-refractivity contribution is 5.50. The molecule has 1 saturated carbocycles. The Hall–Kier alpha value is -1.58. The number of imidazole rings is 1. The van der Waals surface area contributed by atoms with Crippen molar-refractivity contribution >= 4 is 6.41 Å². The predicted molar refractivity (Wildman–Crippen MR) is 73.7 cm³/mol. The zero-order valence-corrected chi connectivity index (χ0v) is 11.2. The van der Waals surface area contributed by atoms with E-state index in [1.54, 1.807) is 6.33 Å². The number of hydrogen-bond acceptors (Lipinski definition) is 2. The van der Waals surface area contributed by atoms with Gasteiger partial charge in [-0.25, -0.2) is 4.98 Å². The van der Waals surface area contributed by atoms with Crippen molar-refractivity contribution in [3.63, 3.8) is 0 Å². The van der Waals surface area contributed by atoms with E-state index in [4.69, 9.17) is 0 Å². The Morgan fingerprint density at radius 3 is 3.11 bits per heavy atom. The molecule has 2 aliphatic carbocycles. The SMILES string of the molecule is O=CN(CCC1=CCCCC1)C1CC1c1c[nH]cn1. The summed E-state index contributed by atoms with van der Waals surface area (Å²) in [5, 5.41) is 0. The van der Waals surface area contributed by atoms with Crippen LogP contribution in [-0.2, 0) is 4.79 Å². The standard InChI is InChI=1S/C15H21N3O/c19-11-18(7-6-12-4-2-1-3-5-12)15-8-13(15)14-9-16-10-17-14/h4,9-11,13,15H,1-3,5-8H2,(H,16,17). The Labute approximate surface area is 113 Å². The van der Waals surface area contributed by atoms with Crippen LogP contribution < -0.4 is 0 Å². The van der Waals surface area contributed by atoms with E-state index in [-0.39, 0.29) is 0 Å². The first-order valence-electron chi connectivity index (χ1n) is 7.26. The number of carbonyl (C=O) groups is 1. The lowest BCUT2D eigenvalue weighted by atomic mass is 9.97. The van der Waals surface area contributed by atoms with E-state index in [2.05, 4.69) is 16.0 Å². The van der Waals surface area contributed by atoms with Crippen LogP contribution in [0.2, 0.25) is 0 Å². The van der Waals surface area contributed by atoms with Crippen LogP contribution in [0.25, 0.3) is 0 Å². The third-order valence-corrected chi connectivity index (χ3v) is 4.29. The van der Waals surface area contributed by atoms with Gasteiger partial charge in [0.1, 0.15) is 0 Å². The van der Waals surface area contributed by atoms with Crippen molar-refractivity contribution in [1.82, 2.24) is 14.9 Å². The van der Waals surface area contributed by atoms with E-state index in [0.29, 0.717) is 12.0 Å². The summed E-state index contributed by atoms with van der Waals surface area (Å²) in [6.07, 6.45) is 14.2. The molecule has 4 nitrogen and oxygen atoms in total. The van der Waals surface area contributed by atoms with Gasteiger partial charge in [0, 0.05) is 24.7 Å². The van der Waals surface area contributed by atoms with E-state index < -0.39 is 0 Å². The molecule has 19 heavy (non-hydrogen) atoms. The Morgan fingerprint density at radius 1 is 1.47 bits per heavy atom. The molecule has 2 atom stereocenters. The zero-order chi connectivity index (χ0) is 13.1. The summed E-state index contributed by atoms with van der Waals surface area (Å²) >= 11 is 0. The monoisotopic (exact) mass is 259 g/mol. The molecule has 2 aliphatic rings. The number of hydrogen-bond donors (Lipinski definition) is 1. The van der Waals surface area contributed by atoms with Gasteiger partial charge in [-0.2, -0.15) is 0 Å². The fourth-order valence-electron chi connectivity index (χ4n) is 3.04. The quantitative estimate of drug-likeness (QED) is 0.630. The summed E-state index contributed by atoms with van der Waals surface area (Å²) in [6.45, 7) is 0.862. The normalized spacial score (nSPS) is 25.8. The Kier molecular flexibility index (Phi) is 3.67. The second-order valence-electron chi connectivity index (χ2n) is 5.61. The van der Waals surface area contributed by atoms with Gasteiger partial charge in [-0.3, -0.25) is 4.79 Å². The average molecular weight is 259 g/mol. The van der Waals surface area contributed by atoms with E-state index in [9.17, 15) is 4.79 Å². The molecule has 1 fully saturated rings. The van der Waals surface area contributed by atoms with Gasteiger partial charge in [-0.05, 0) is 38.5 Å². The van der Waals surface area contributed by atoms with Crippen molar-refractivity contribution in [1.29, 1.82) is 0 Å². The number of H-pyrrole nitrogens is 1. The highest BCUT2D eigenvalue weighted by Crippen LogP contribution is 2.43. The maximum absolute atomic E-state index is 11.3. The van der Waals surface area contributed by atoms with Crippen molar-refractivity contribution < 1.29 is 4.79 Å². The number of rotatable bonds is 6. The van der Waals surface area contributed by atoms with Crippen LogP contribution in [-0.4, -0.2) is 33.9 Å². The van der Waals surface area contributed by atoms with E-state index in [1.165, 1.54) is 31.3 Å². The fraction of sp³-hybridized carbons (Fsp3) is 0.600. The third-order valence-electron chi connectivity index (χ3n) is 4.29. The summed E-state index contributed by atoms with van der Waals surface area (Å²) in [4.78, 5) is 20.5. The van der Waals surface area contributed by atoms with Gasteiger partial charge in [0.15, 0.2) is 0 Å². The second-order valence-corrected chi connectivity index (χ2v) is 5.61. The van der Waals surface area contributed by atoms with Crippen molar-refractivity contribution in [2.24, 2.45) is 0 Å². The van der Waals surface area contributed by atoms with Gasteiger partial charge in [-0.1, -0.05) is 11.6 Å².